The van der Waals surface area contributed by atoms with Crippen LogP contribution in [0, 0.1) is 0 Å². The number of aromatic nitrogens is 1. The fraction of sp³-hybridized carbons (Fsp3) is 0.222. The first-order valence-electron chi connectivity index (χ1n) is 3.76. The number of rotatable bonds is 0. The molecule has 0 fully saturated rings. The van der Waals surface area contributed by atoms with Crippen LogP contribution in [0.1, 0.15) is 6.42 Å². The fourth-order valence-corrected chi connectivity index (χ4v) is 1.26. The standard InChI is InChI=1S/C9H9NO2/c11-9(12)4-3-7-2-1-5-10-8(7)6-9/h1-3,5-6,11-12H,4H2. The molecule has 0 spiro atoms. The predicted octanol–water partition coefficient (Wildman–Crippen LogP) is -1.27. The van der Waals surface area contributed by atoms with E-state index in [1.54, 1.807) is 12.3 Å². The highest BCUT2D eigenvalue weighted by atomic mass is 16.5. The van der Waals surface area contributed by atoms with Crippen molar-refractivity contribution in [2.24, 2.45) is 0 Å². The van der Waals surface area contributed by atoms with E-state index in [0.29, 0.717) is 5.35 Å². The van der Waals surface area contributed by atoms with Crippen LogP contribution in [-0.2, 0) is 0 Å². The Hall–Kier alpha value is -1.19. The van der Waals surface area contributed by atoms with Crippen molar-refractivity contribution in [3.05, 3.63) is 28.9 Å². The Kier molecular flexibility index (Phi) is 1.49. The van der Waals surface area contributed by atoms with Crippen molar-refractivity contribution in [1.82, 2.24) is 4.98 Å². The van der Waals surface area contributed by atoms with Gasteiger partial charge in [-0.1, -0.05) is 12.1 Å². The van der Waals surface area contributed by atoms with Crippen molar-refractivity contribution < 1.29 is 10.2 Å². The van der Waals surface area contributed by atoms with E-state index in [4.69, 9.17) is 0 Å². The molecule has 1 heterocycles. The quantitative estimate of drug-likeness (QED) is 0.469. The van der Waals surface area contributed by atoms with Crippen LogP contribution >= 0.6 is 0 Å². The van der Waals surface area contributed by atoms with Gasteiger partial charge < -0.3 is 10.2 Å². The molecular formula is C9H9NO2. The maximum atomic E-state index is 9.25. The average Bonchev–Trinajstić information content (AvgIpc) is 2.02. The summed E-state index contributed by atoms with van der Waals surface area (Å²) in [6, 6.07) is 3.72. The van der Waals surface area contributed by atoms with E-state index in [9.17, 15) is 10.2 Å². The minimum atomic E-state index is -1.72. The molecule has 0 aliphatic heterocycles. The van der Waals surface area contributed by atoms with E-state index in [1.807, 2.05) is 12.1 Å². The highest BCUT2D eigenvalue weighted by Gasteiger charge is 2.19. The van der Waals surface area contributed by atoms with E-state index in [1.165, 1.54) is 6.08 Å². The third-order valence-corrected chi connectivity index (χ3v) is 1.86. The Morgan fingerprint density at radius 2 is 2.25 bits per heavy atom. The molecule has 0 saturated carbocycles. The van der Waals surface area contributed by atoms with Gasteiger partial charge in [-0.25, -0.2) is 0 Å². The topological polar surface area (TPSA) is 53.4 Å². The second-order valence-corrected chi connectivity index (χ2v) is 2.91. The Labute approximate surface area is 69.3 Å². The molecule has 1 aromatic heterocycles. The molecule has 2 N–H and O–H groups in total. The van der Waals surface area contributed by atoms with Crippen LogP contribution in [0.25, 0.3) is 12.2 Å². The largest absolute Gasteiger partial charge is 0.362 e. The number of nitrogens with zero attached hydrogens (tertiary/aromatic N) is 1. The summed E-state index contributed by atoms with van der Waals surface area (Å²) in [6.45, 7) is 0. The van der Waals surface area contributed by atoms with Gasteiger partial charge in [0.2, 0.25) is 0 Å². The van der Waals surface area contributed by atoms with Gasteiger partial charge >= 0.3 is 0 Å². The number of hydrogen-bond acceptors (Lipinski definition) is 3. The highest BCUT2D eigenvalue weighted by Crippen LogP contribution is 2.09. The molecule has 62 valence electrons. The summed E-state index contributed by atoms with van der Waals surface area (Å²) in [4.78, 5) is 4.01. The van der Waals surface area contributed by atoms with E-state index in [2.05, 4.69) is 4.98 Å². The molecule has 0 aromatic carbocycles. The lowest BCUT2D eigenvalue weighted by molar-refractivity contribution is -0.0975. The molecule has 0 amide bonds. The summed E-state index contributed by atoms with van der Waals surface area (Å²) < 4.78 is 0. The Morgan fingerprint density at radius 1 is 1.42 bits per heavy atom. The van der Waals surface area contributed by atoms with Gasteiger partial charge in [-0.2, -0.15) is 0 Å². The lowest BCUT2D eigenvalue weighted by atomic mass is 10.1. The Bertz CT molecular complexity index is 409. The maximum Gasteiger partial charge on any atom is 0.188 e. The summed E-state index contributed by atoms with van der Waals surface area (Å²) in [5, 5.41) is 20.1. The zero-order valence-corrected chi connectivity index (χ0v) is 6.44. The lowest BCUT2D eigenvalue weighted by Gasteiger charge is -2.17. The van der Waals surface area contributed by atoms with Gasteiger partial charge in [-0.3, -0.25) is 4.98 Å². The van der Waals surface area contributed by atoms with Crippen LogP contribution in [0.15, 0.2) is 18.3 Å². The van der Waals surface area contributed by atoms with Crippen LogP contribution in [0.4, 0.5) is 0 Å². The van der Waals surface area contributed by atoms with Gasteiger partial charge in [0.1, 0.15) is 0 Å². The van der Waals surface area contributed by atoms with E-state index in [0.717, 1.165) is 5.22 Å². The second kappa shape index (κ2) is 2.40. The van der Waals surface area contributed by atoms with Gasteiger partial charge in [0.05, 0.1) is 5.35 Å². The monoisotopic (exact) mass is 163 g/mol. The van der Waals surface area contributed by atoms with Crippen molar-refractivity contribution in [2.75, 3.05) is 0 Å². The SMILES string of the molecule is OC1(O)C=c2ncccc2=CC1. The van der Waals surface area contributed by atoms with E-state index in [-0.39, 0.29) is 6.42 Å². The minimum absolute atomic E-state index is 0.228. The molecule has 12 heavy (non-hydrogen) atoms. The third kappa shape index (κ3) is 1.24. The van der Waals surface area contributed by atoms with Crippen LogP contribution < -0.4 is 10.6 Å². The maximum absolute atomic E-state index is 9.25. The van der Waals surface area contributed by atoms with Gasteiger partial charge in [-0.05, 0) is 11.3 Å². The van der Waals surface area contributed by atoms with Crippen LogP contribution in [0.3, 0.4) is 0 Å². The fourth-order valence-electron chi connectivity index (χ4n) is 1.26. The summed E-state index contributed by atoms with van der Waals surface area (Å²) in [5.74, 6) is -1.72. The first-order chi connectivity index (χ1) is 5.67. The molecule has 1 aliphatic carbocycles. The van der Waals surface area contributed by atoms with Gasteiger partial charge in [0.25, 0.3) is 0 Å². The molecule has 0 saturated heterocycles. The second-order valence-electron chi connectivity index (χ2n) is 2.91. The van der Waals surface area contributed by atoms with Gasteiger partial charge in [0.15, 0.2) is 5.79 Å². The van der Waals surface area contributed by atoms with E-state index < -0.39 is 5.79 Å². The van der Waals surface area contributed by atoms with Crippen molar-refractivity contribution >= 4 is 12.2 Å². The van der Waals surface area contributed by atoms with Crippen LogP contribution in [0.5, 0.6) is 0 Å². The van der Waals surface area contributed by atoms with Crippen LogP contribution in [0.2, 0.25) is 0 Å². The normalized spacial score (nSPS) is 18.8. The molecule has 0 atom stereocenters. The van der Waals surface area contributed by atoms with Gasteiger partial charge in [-0.15, -0.1) is 0 Å². The number of pyridine rings is 1. The Morgan fingerprint density at radius 3 is 3.08 bits per heavy atom. The minimum Gasteiger partial charge on any atom is -0.362 e. The molecule has 0 unspecified atom stereocenters. The van der Waals surface area contributed by atoms with Crippen molar-refractivity contribution in [3.8, 4) is 0 Å². The van der Waals surface area contributed by atoms with E-state index >= 15 is 0 Å². The molecule has 0 radical (unpaired) electrons. The molecule has 2 rings (SSSR count). The number of aliphatic hydroxyl groups is 2. The molecule has 1 aromatic rings. The Balaban J connectivity index is 2.72. The highest BCUT2D eigenvalue weighted by molar-refractivity contribution is 5.41. The summed E-state index contributed by atoms with van der Waals surface area (Å²) in [7, 11) is 0. The molecule has 1 aliphatic rings. The molecule has 3 nitrogen and oxygen atoms in total. The number of fused-ring (bicyclic) bond motifs is 1. The molecular weight excluding hydrogens is 154 g/mol. The summed E-state index contributed by atoms with van der Waals surface area (Å²) >= 11 is 0. The average molecular weight is 163 g/mol. The van der Waals surface area contributed by atoms with Crippen molar-refractivity contribution in [3.63, 3.8) is 0 Å². The zero-order valence-electron chi connectivity index (χ0n) is 6.44. The molecule has 0 bridgehead atoms. The smallest absolute Gasteiger partial charge is 0.188 e. The van der Waals surface area contributed by atoms with Crippen LogP contribution in [-0.4, -0.2) is 21.0 Å². The molecule has 3 heteroatoms. The lowest BCUT2D eigenvalue weighted by Crippen LogP contribution is -2.39. The van der Waals surface area contributed by atoms with Gasteiger partial charge in [0, 0.05) is 18.7 Å². The summed E-state index contributed by atoms with van der Waals surface area (Å²) in [6.07, 6.45) is 4.99. The number of hydrogen-bond donors (Lipinski definition) is 2. The first kappa shape index (κ1) is 7.46. The summed E-state index contributed by atoms with van der Waals surface area (Å²) in [5.41, 5.74) is 0. The van der Waals surface area contributed by atoms with Crippen molar-refractivity contribution in [2.45, 2.75) is 12.2 Å². The third-order valence-electron chi connectivity index (χ3n) is 1.86. The first-order valence-corrected chi connectivity index (χ1v) is 3.76. The predicted molar refractivity (Wildman–Crippen MR) is 44.2 cm³/mol. The van der Waals surface area contributed by atoms with Crippen molar-refractivity contribution in [1.29, 1.82) is 0 Å². The zero-order chi connectivity index (χ0) is 8.60.